The molecular weight excluding hydrogens is 202 g/mol. The van der Waals surface area contributed by atoms with Gasteiger partial charge in [0.05, 0.1) is 6.42 Å². The van der Waals surface area contributed by atoms with E-state index in [-0.39, 0.29) is 24.7 Å². The van der Waals surface area contributed by atoms with Crippen molar-refractivity contribution in [3.05, 3.63) is 35.9 Å². The Morgan fingerprint density at radius 1 is 1.36 bits per heavy atom. The lowest BCUT2D eigenvalue weighted by atomic mass is 9.96. The van der Waals surface area contributed by atoms with Crippen LogP contribution in [-0.2, 0) is 4.79 Å². The summed E-state index contributed by atoms with van der Waals surface area (Å²) >= 11 is 0. The monoisotopic (exact) mass is 215 g/mol. The zero-order valence-electron chi connectivity index (χ0n) is 7.72. The third kappa shape index (κ3) is 3.77. The van der Waals surface area contributed by atoms with Crippen molar-refractivity contribution in [2.45, 2.75) is 12.3 Å². The molecule has 3 nitrogen and oxygen atoms in total. The maximum Gasteiger partial charge on any atom is 0.304 e. The standard InChI is InChI=1S/C10H13NO2.ClH/c11-7-9(6-10(12)13)8-4-2-1-3-5-8;/h1-5,9H,6-7,11H2,(H,12,13);1H/t9-;/m1./s1. The van der Waals surface area contributed by atoms with Crippen LogP contribution in [-0.4, -0.2) is 17.6 Å². The Kier molecular flexibility index (Phi) is 5.92. The van der Waals surface area contributed by atoms with Crippen molar-refractivity contribution in [1.29, 1.82) is 0 Å². The molecule has 0 aliphatic rings. The molecule has 0 amide bonds. The smallest absolute Gasteiger partial charge is 0.304 e. The van der Waals surface area contributed by atoms with Crippen molar-refractivity contribution < 1.29 is 9.90 Å². The van der Waals surface area contributed by atoms with Crippen LogP contribution in [0.15, 0.2) is 30.3 Å². The number of carboxylic acids is 1. The largest absolute Gasteiger partial charge is 0.481 e. The molecule has 0 heterocycles. The molecule has 0 aliphatic heterocycles. The highest BCUT2D eigenvalue weighted by atomic mass is 35.5. The number of hydrogen-bond donors (Lipinski definition) is 2. The van der Waals surface area contributed by atoms with Gasteiger partial charge in [0.25, 0.3) is 0 Å². The van der Waals surface area contributed by atoms with E-state index in [1.54, 1.807) is 0 Å². The number of carboxylic acid groups (broad SMARTS) is 1. The average molecular weight is 216 g/mol. The number of hydrogen-bond acceptors (Lipinski definition) is 2. The molecule has 0 unspecified atom stereocenters. The predicted octanol–water partition coefficient (Wildman–Crippen LogP) is 1.63. The molecule has 78 valence electrons. The molecule has 0 spiro atoms. The van der Waals surface area contributed by atoms with Gasteiger partial charge in [-0.2, -0.15) is 0 Å². The Balaban J connectivity index is 0.00000169. The van der Waals surface area contributed by atoms with Crippen molar-refractivity contribution in [1.82, 2.24) is 0 Å². The Hall–Kier alpha value is -1.06. The maximum atomic E-state index is 10.5. The third-order valence-electron chi connectivity index (χ3n) is 1.98. The summed E-state index contributed by atoms with van der Waals surface area (Å²) in [6, 6.07) is 9.48. The fourth-order valence-corrected chi connectivity index (χ4v) is 1.27. The summed E-state index contributed by atoms with van der Waals surface area (Å²) in [5.41, 5.74) is 6.48. The molecule has 1 aromatic rings. The summed E-state index contributed by atoms with van der Waals surface area (Å²) in [5.74, 6) is -0.877. The van der Waals surface area contributed by atoms with Crippen LogP contribution in [0.5, 0.6) is 0 Å². The minimum atomic E-state index is -0.806. The normalized spacial score (nSPS) is 11.5. The van der Waals surface area contributed by atoms with E-state index < -0.39 is 5.97 Å². The van der Waals surface area contributed by atoms with Gasteiger partial charge in [0.2, 0.25) is 0 Å². The van der Waals surface area contributed by atoms with Crippen LogP contribution >= 0.6 is 12.4 Å². The van der Waals surface area contributed by atoms with Crippen LogP contribution in [0.2, 0.25) is 0 Å². The number of rotatable bonds is 4. The first-order valence-electron chi connectivity index (χ1n) is 4.21. The van der Waals surface area contributed by atoms with E-state index >= 15 is 0 Å². The van der Waals surface area contributed by atoms with E-state index in [1.165, 1.54) is 0 Å². The van der Waals surface area contributed by atoms with E-state index in [0.29, 0.717) is 6.54 Å². The first-order chi connectivity index (χ1) is 6.24. The topological polar surface area (TPSA) is 63.3 Å². The first kappa shape index (κ1) is 12.9. The van der Waals surface area contributed by atoms with Gasteiger partial charge in [-0.3, -0.25) is 4.79 Å². The quantitative estimate of drug-likeness (QED) is 0.803. The van der Waals surface area contributed by atoms with Gasteiger partial charge >= 0.3 is 5.97 Å². The molecule has 0 radical (unpaired) electrons. The summed E-state index contributed by atoms with van der Waals surface area (Å²) in [6.45, 7) is 0.371. The summed E-state index contributed by atoms with van der Waals surface area (Å²) < 4.78 is 0. The van der Waals surface area contributed by atoms with E-state index in [0.717, 1.165) is 5.56 Å². The summed E-state index contributed by atoms with van der Waals surface area (Å²) in [7, 11) is 0. The maximum absolute atomic E-state index is 10.5. The predicted molar refractivity (Wildman–Crippen MR) is 57.7 cm³/mol. The van der Waals surface area contributed by atoms with Gasteiger partial charge in [0.1, 0.15) is 0 Å². The molecule has 1 rings (SSSR count). The number of aliphatic carboxylic acids is 1. The lowest BCUT2D eigenvalue weighted by Gasteiger charge is -2.11. The second kappa shape index (κ2) is 6.40. The second-order valence-electron chi connectivity index (χ2n) is 2.94. The minimum Gasteiger partial charge on any atom is -0.481 e. The molecule has 0 bridgehead atoms. The van der Waals surface area contributed by atoms with Crippen molar-refractivity contribution in [3.63, 3.8) is 0 Å². The Labute approximate surface area is 89.3 Å². The van der Waals surface area contributed by atoms with Gasteiger partial charge in [0, 0.05) is 5.92 Å². The van der Waals surface area contributed by atoms with Gasteiger partial charge in [-0.25, -0.2) is 0 Å². The molecule has 1 aromatic carbocycles. The van der Waals surface area contributed by atoms with E-state index in [2.05, 4.69) is 0 Å². The summed E-state index contributed by atoms with van der Waals surface area (Å²) in [4.78, 5) is 10.5. The fraction of sp³-hybridized carbons (Fsp3) is 0.300. The highest BCUT2D eigenvalue weighted by Gasteiger charge is 2.12. The van der Waals surface area contributed by atoms with Crippen LogP contribution in [0.25, 0.3) is 0 Å². The number of carbonyl (C=O) groups is 1. The molecule has 3 N–H and O–H groups in total. The highest BCUT2D eigenvalue weighted by Crippen LogP contribution is 2.17. The van der Waals surface area contributed by atoms with Crippen LogP contribution in [0, 0.1) is 0 Å². The summed E-state index contributed by atoms with van der Waals surface area (Å²) in [6.07, 6.45) is 0.0977. The molecule has 0 saturated heterocycles. The lowest BCUT2D eigenvalue weighted by molar-refractivity contribution is -0.137. The Morgan fingerprint density at radius 2 is 1.93 bits per heavy atom. The van der Waals surface area contributed by atoms with Crippen molar-refractivity contribution in [2.75, 3.05) is 6.54 Å². The van der Waals surface area contributed by atoms with Crippen molar-refractivity contribution >= 4 is 18.4 Å². The minimum absolute atomic E-state index is 0. The zero-order chi connectivity index (χ0) is 9.68. The van der Waals surface area contributed by atoms with Crippen LogP contribution in [0.3, 0.4) is 0 Å². The lowest BCUT2D eigenvalue weighted by Crippen LogP contribution is -2.16. The van der Waals surface area contributed by atoms with E-state index in [4.69, 9.17) is 10.8 Å². The van der Waals surface area contributed by atoms with Gasteiger partial charge in [0.15, 0.2) is 0 Å². The van der Waals surface area contributed by atoms with Gasteiger partial charge in [-0.1, -0.05) is 30.3 Å². The molecule has 4 heteroatoms. The number of benzene rings is 1. The third-order valence-corrected chi connectivity index (χ3v) is 1.98. The SMILES string of the molecule is Cl.NC[C@@H](CC(=O)O)c1ccccc1. The molecular formula is C10H14ClNO2. The van der Waals surface area contributed by atoms with Gasteiger partial charge in [-0.05, 0) is 12.1 Å². The van der Waals surface area contributed by atoms with E-state index in [9.17, 15) is 4.79 Å². The molecule has 1 atom stereocenters. The first-order valence-corrected chi connectivity index (χ1v) is 4.21. The summed E-state index contributed by atoms with van der Waals surface area (Å²) in [5, 5.41) is 8.62. The van der Waals surface area contributed by atoms with Crippen LogP contribution < -0.4 is 5.73 Å². The molecule has 0 aromatic heterocycles. The number of halogens is 1. The van der Waals surface area contributed by atoms with Crippen LogP contribution in [0.1, 0.15) is 17.9 Å². The molecule has 0 saturated carbocycles. The Morgan fingerprint density at radius 3 is 2.36 bits per heavy atom. The fourth-order valence-electron chi connectivity index (χ4n) is 1.27. The molecule has 0 aliphatic carbocycles. The van der Waals surface area contributed by atoms with E-state index in [1.807, 2.05) is 30.3 Å². The average Bonchev–Trinajstić information content (AvgIpc) is 2.15. The van der Waals surface area contributed by atoms with Crippen LogP contribution in [0.4, 0.5) is 0 Å². The molecule has 14 heavy (non-hydrogen) atoms. The zero-order valence-corrected chi connectivity index (χ0v) is 8.54. The Bertz CT molecular complexity index is 277. The number of nitrogens with two attached hydrogens (primary N) is 1. The van der Waals surface area contributed by atoms with Gasteiger partial charge in [-0.15, -0.1) is 12.4 Å². The van der Waals surface area contributed by atoms with Crippen molar-refractivity contribution in [3.8, 4) is 0 Å². The highest BCUT2D eigenvalue weighted by molar-refractivity contribution is 5.85. The second-order valence-corrected chi connectivity index (χ2v) is 2.94. The molecule has 0 fully saturated rings. The van der Waals surface area contributed by atoms with Crippen molar-refractivity contribution in [2.24, 2.45) is 5.73 Å². The van der Waals surface area contributed by atoms with Gasteiger partial charge < -0.3 is 10.8 Å².